The quantitative estimate of drug-likeness (QED) is 0.896. The number of fused-ring (bicyclic) bond motifs is 1. The average Bonchev–Trinajstić information content (AvgIpc) is 2.84. The number of carboxylic acid groups (broad SMARTS) is 1. The Hall–Kier alpha value is -2.36. The second-order valence-corrected chi connectivity index (χ2v) is 4.93. The first kappa shape index (κ1) is 12.7. The summed E-state index contributed by atoms with van der Waals surface area (Å²) >= 11 is 0. The van der Waals surface area contributed by atoms with Gasteiger partial charge in [-0.1, -0.05) is 24.3 Å². The summed E-state index contributed by atoms with van der Waals surface area (Å²) in [4.78, 5) is 10.9. The SMILES string of the molecule is O=C(O)c1ccc(F)c(NC2CCc3ccccc32)c1. The van der Waals surface area contributed by atoms with Crippen molar-refractivity contribution in [2.45, 2.75) is 18.9 Å². The molecule has 1 aliphatic carbocycles. The van der Waals surface area contributed by atoms with Crippen LogP contribution in [0.1, 0.15) is 33.9 Å². The topological polar surface area (TPSA) is 49.3 Å². The maximum absolute atomic E-state index is 13.8. The second kappa shape index (κ2) is 4.96. The van der Waals surface area contributed by atoms with E-state index in [9.17, 15) is 9.18 Å². The highest BCUT2D eigenvalue weighted by atomic mass is 19.1. The van der Waals surface area contributed by atoms with Gasteiger partial charge in [0.25, 0.3) is 0 Å². The van der Waals surface area contributed by atoms with E-state index in [1.807, 2.05) is 18.2 Å². The summed E-state index contributed by atoms with van der Waals surface area (Å²) in [6.45, 7) is 0. The molecule has 1 unspecified atom stereocenters. The molecule has 0 saturated heterocycles. The number of carbonyl (C=O) groups is 1. The highest BCUT2D eigenvalue weighted by molar-refractivity contribution is 5.88. The van der Waals surface area contributed by atoms with Crippen LogP contribution in [0.4, 0.5) is 10.1 Å². The Morgan fingerprint density at radius 3 is 2.85 bits per heavy atom. The van der Waals surface area contributed by atoms with Crippen molar-refractivity contribution < 1.29 is 14.3 Å². The smallest absolute Gasteiger partial charge is 0.335 e. The largest absolute Gasteiger partial charge is 0.478 e. The third-order valence-electron chi connectivity index (χ3n) is 3.68. The third-order valence-corrected chi connectivity index (χ3v) is 3.68. The van der Waals surface area contributed by atoms with Gasteiger partial charge in [0.05, 0.1) is 17.3 Å². The van der Waals surface area contributed by atoms with Gasteiger partial charge < -0.3 is 10.4 Å². The molecule has 0 bridgehead atoms. The summed E-state index contributed by atoms with van der Waals surface area (Å²) in [5, 5.41) is 12.1. The van der Waals surface area contributed by atoms with Gasteiger partial charge in [0.15, 0.2) is 0 Å². The van der Waals surface area contributed by atoms with Crippen molar-refractivity contribution in [3.8, 4) is 0 Å². The number of hydrogen-bond acceptors (Lipinski definition) is 2. The van der Waals surface area contributed by atoms with E-state index in [0.29, 0.717) is 0 Å². The summed E-state index contributed by atoms with van der Waals surface area (Å²) in [5.74, 6) is -1.49. The Balaban J connectivity index is 1.89. The zero-order valence-corrected chi connectivity index (χ0v) is 10.8. The number of benzene rings is 2. The number of nitrogens with one attached hydrogen (secondary N) is 1. The lowest BCUT2D eigenvalue weighted by molar-refractivity contribution is 0.0697. The van der Waals surface area contributed by atoms with Crippen molar-refractivity contribution in [1.29, 1.82) is 0 Å². The van der Waals surface area contributed by atoms with Crippen molar-refractivity contribution in [2.75, 3.05) is 5.32 Å². The molecule has 3 nitrogen and oxygen atoms in total. The van der Waals surface area contributed by atoms with E-state index in [1.54, 1.807) is 0 Å². The van der Waals surface area contributed by atoms with E-state index in [-0.39, 0.29) is 17.3 Å². The Labute approximate surface area is 116 Å². The molecule has 102 valence electrons. The normalized spacial score (nSPS) is 16.8. The maximum atomic E-state index is 13.8. The number of rotatable bonds is 3. The van der Waals surface area contributed by atoms with E-state index in [2.05, 4.69) is 11.4 Å². The van der Waals surface area contributed by atoms with E-state index < -0.39 is 11.8 Å². The second-order valence-electron chi connectivity index (χ2n) is 4.93. The van der Waals surface area contributed by atoms with Crippen LogP contribution in [0.25, 0.3) is 0 Å². The molecule has 0 saturated carbocycles. The van der Waals surface area contributed by atoms with Gasteiger partial charge in [-0.05, 0) is 42.2 Å². The first-order chi connectivity index (χ1) is 9.65. The van der Waals surface area contributed by atoms with Gasteiger partial charge in [-0.2, -0.15) is 0 Å². The van der Waals surface area contributed by atoms with E-state index in [4.69, 9.17) is 5.11 Å². The summed E-state index contributed by atoms with van der Waals surface area (Å²) in [7, 11) is 0. The zero-order valence-electron chi connectivity index (χ0n) is 10.8. The number of carboxylic acids is 1. The molecular weight excluding hydrogens is 257 g/mol. The monoisotopic (exact) mass is 271 g/mol. The molecule has 2 aromatic carbocycles. The molecule has 0 aromatic heterocycles. The lowest BCUT2D eigenvalue weighted by Crippen LogP contribution is -2.09. The van der Waals surface area contributed by atoms with Crippen LogP contribution < -0.4 is 5.32 Å². The van der Waals surface area contributed by atoms with Crippen LogP contribution in [-0.2, 0) is 6.42 Å². The van der Waals surface area contributed by atoms with Crippen molar-refractivity contribution in [1.82, 2.24) is 0 Å². The molecule has 1 aliphatic rings. The van der Waals surface area contributed by atoms with Crippen LogP contribution in [0.5, 0.6) is 0 Å². The molecule has 0 fully saturated rings. The number of halogens is 1. The molecule has 0 radical (unpaired) electrons. The molecule has 1 atom stereocenters. The fourth-order valence-corrected chi connectivity index (χ4v) is 2.66. The maximum Gasteiger partial charge on any atom is 0.335 e. The molecule has 2 N–H and O–H groups in total. The summed E-state index contributed by atoms with van der Waals surface area (Å²) in [5.41, 5.74) is 2.75. The minimum absolute atomic E-state index is 0.0322. The van der Waals surface area contributed by atoms with Gasteiger partial charge in [0, 0.05) is 0 Å². The Morgan fingerprint density at radius 2 is 2.05 bits per heavy atom. The van der Waals surface area contributed by atoms with Gasteiger partial charge in [0.1, 0.15) is 5.82 Å². The molecule has 0 aliphatic heterocycles. The molecule has 2 aromatic rings. The zero-order chi connectivity index (χ0) is 14.1. The third kappa shape index (κ3) is 2.25. The van der Waals surface area contributed by atoms with Crippen LogP contribution >= 0.6 is 0 Å². The van der Waals surface area contributed by atoms with Gasteiger partial charge in [-0.15, -0.1) is 0 Å². The first-order valence-corrected chi connectivity index (χ1v) is 6.52. The predicted molar refractivity (Wildman–Crippen MR) is 74.5 cm³/mol. The number of anilines is 1. The molecule has 0 heterocycles. The first-order valence-electron chi connectivity index (χ1n) is 6.52. The molecule has 4 heteroatoms. The van der Waals surface area contributed by atoms with E-state index in [0.717, 1.165) is 18.4 Å². The summed E-state index contributed by atoms with van der Waals surface area (Å²) in [6.07, 6.45) is 1.84. The van der Waals surface area contributed by atoms with Gasteiger partial charge >= 0.3 is 5.97 Å². The molecule has 20 heavy (non-hydrogen) atoms. The van der Waals surface area contributed by atoms with Crippen LogP contribution in [0.3, 0.4) is 0 Å². The summed E-state index contributed by atoms with van der Waals surface area (Å²) < 4.78 is 13.8. The van der Waals surface area contributed by atoms with Crippen molar-refractivity contribution >= 4 is 11.7 Å². The number of aromatic carboxylic acids is 1. The lowest BCUT2D eigenvalue weighted by atomic mass is 10.1. The highest BCUT2D eigenvalue weighted by Crippen LogP contribution is 2.34. The van der Waals surface area contributed by atoms with Gasteiger partial charge in [-0.25, -0.2) is 9.18 Å². The van der Waals surface area contributed by atoms with Crippen molar-refractivity contribution in [2.24, 2.45) is 0 Å². The number of hydrogen-bond donors (Lipinski definition) is 2. The van der Waals surface area contributed by atoms with Gasteiger partial charge in [-0.3, -0.25) is 0 Å². The van der Waals surface area contributed by atoms with Crippen molar-refractivity contribution in [3.05, 3.63) is 65.0 Å². The van der Waals surface area contributed by atoms with Crippen molar-refractivity contribution in [3.63, 3.8) is 0 Å². The summed E-state index contributed by atoms with van der Waals surface area (Å²) in [6, 6.07) is 11.9. The Morgan fingerprint density at radius 1 is 1.25 bits per heavy atom. The Kier molecular flexibility index (Phi) is 3.14. The van der Waals surface area contributed by atoms with Crippen LogP contribution in [-0.4, -0.2) is 11.1 Å². The van der Waals surface area contributed by atoms with Crippen LogP contribution in [0.2, 0.25) is 0 Å². The van der Waals surface area contributed by atoms with Crippen LogP contribution in [0.15, 0.2) is 42.5 Å². The molecular formula is C16H14FNO2. The van der Waals surface area contributed by atoms with Gasteiger partial charge in [0.2, 0.25) is 0 Å². The molecule has 0 amide bonds. The fraction of sp³-hybridized carbons (Fsp3) is 0.188. The molecule has 0 spiro atoms. The van der Waals surface area contributed by atoms with Crippen LogP contribution in [0, 0.1) is 5.82 Å². The minimum Gasteiger partial charge on any atom is -0.478 e. The van der Waals surface area contributed by atoms with E-state index in [1.165, 1.54) is 23.8 Å². The highest BCUT2D eigenvalue weighted by Gasteiger charge is 2.22. The minimum atomic E-state index is -1.06. The predicted octanol–water partition coefficient (Wildman–Crippen LogP) is 3.62. The molecule has 3 rings (SSSR count). The van der Waals surface area contributed by atoms with E-state index >= 15 is 0 Å². The standard InChI is InChI=1S/C16H14FNO2/c17-13-7-5-11(16(19)20)9-15(13)18-14-8-6-10-3-1-2-4-12(10)14/h1-5,7,9,14,18H,6,8H2,(H,19,20). The average molecular weight is 271 g/mol. The Bertz CT molecular complexity index is 669. The number of aryl methyl sites for hydroxylation is 1. The fourth-order valence-electron chi connectivity index (χ4n) is 2.66. The lowest BCUT2D eigenvalue weighted by Gasteiger charge is -2.16.